The van der Waals surface area contributed by atoms with Gasteiger partial charge in [-0.2, -0.15) is 0 Å². The summed E-state index contributed by atoms with van der Waals surface area (Å²) in [5.74, 6) is -0.316. The number of alkyl halides is 2. The average molecular weight is 229 g/mol. The second-order valence-corrected chi connectivity index (χ2v) is 3.06. The van der Waals surface area contributed by atoms with Crippen LogP contribution in [0.25, 0.3) is 0 Å². The Hall–Kier alpha value is -1.72. The van der Waals surface area contributed by atoms with Crippen LogP contribution in [0.5, 0.6) is 0 Å². The van der Waals surface area contributed by atoms with Gasteiger partial charge in [-0.15, -0.1) is 0 Å². The van der Waals surface area contributed by atoms with Crippen molar-refractivity contribution in [3.05, 3.63) is 24.0 Å². The van der Waals surface area contributed by atoms with Crippen LogP contribution < -0.4 is 10.6 Å². The normalized spacial score (nSPS) is 10.2. The Kier molecular flexibility index (Phi) is 4.63. The van der Waals surface area contributed by atoms with Gasteiger partial charge < -0.3 is 10.6 Å². The Bertz CT molecular complexity index is 358. The van der Waals surface area contributed by atoms with Crippen LogP contribution in [0.3, 0.4) is 0 Å². The number of aromatic nitrogens is 1. The van der Waals surface area contributed by atoms with Crippen molar-refractivity contribution >= 4 is 11.6 Å². The third-order valence-corrected chi connectivity index (χ3v) is 1.79. The third kappa shape index (κ3) is 3.80. The number of carbonyl (C=O) groups excluding carboxylic acids is 1. The van der Waals surface area contributed by atoms with Gasteiger partial charge in [0.15, 0.2) is 0 Å². The number of hydrogen-bond donors (Lipinski definition) is 2. The first kappa shape index (κ1) is 12.4. The summed E-state index contributed by atoms with van der Waals surface area (Å²) in [4.78, 5) is 15.2. The maximum atomic E-state index is 11.9. The number of rotatable bonds is 5. The molecule has 0 bridgehead atoms. The maximum absolute atomic E-state index is 11.9. The van der Waals surface area contributed by atoms with Crippen LogP contribution in [0, 0.1) is 0 Å². The highest BCUT2D eigenvalue weighted by atomic mass is 19.3. The SMILES string of the molecule is CCNC(=O)c1cc(NCC(F)F)ccn1. The number of anilines is 1. The second kappa shape index (κ2) is 5.99. The monoisotopic (exact) mass is 229 g/mol. The molecule has 88 valence electrons. The lowest BCUT2D eigenvalue weighted by atomic mass is 10.3. The molecule has 0 unspecified atom stereocenters. The van der Waals surface area contributed by atoms with Crippen LogP contribution in [-0.2, 0) is 0 Å². The second-order valence-electron chi connectivity index (χ2n) is 3.06. The lowest BCUT2D eigenvalue weighted by Gasteiger charge is -2.07. The molecule has 0 aliphatic rings. The summed E-state index contributed by atoms with van der Waals surface area (Å²) >= 11 is 0. The molecule has 0 radical (unpaired) electrons. The molecule has 1 aromatic heterocycles. The van der Waals surface area contributed by atoms with E-state index in [1.165, 1.54) is 18.3 Å². The molecule has 2 N–H and O–H groups in total. The van der Waals surface area contributed by atoms with Gasteiger partial charge in [-0.05, 0) is 19.1 Å². The van der Waals surface area contributed by atoms with Gasteiger partial charge in [0, 0.05) is 18.4 Å². The van der Waals surface area contributed by atoms with Gasteiger partial charge in [0.05, 0.1) is 6.54 Å². The fourth-order valence-corrected chi connectivity index (χ4v) is 1.11. The molecule has 1 heterocycles. The van der Waals surface area contributed by atoms with Crippen LogP contribution >= 0.6 is 0 Å². The van der Waals surface area contributed by atoms with Crippen molar-refractivity contribution in [1.82, 2.24) is 10.3 Å². The van der Waals surface area contributed by atoms with Gasteiger partial charge in [0.25, 0.3) is 12.3 Å². The zero-order valence-corrected chi connectivity index (χ0v) is 8.84. The highest BCUT2D eigenvalue weighted by Crippen LogP contribution is 2.08. The average Bonchev–Trinajstić information content (AvgIpc) is 2.27. The number of halogens is 2. The number of amides is 1. The third-order valence-electron chi connectivity index (χ3n) is 1.79. The lowest BCUT2D eigenvalue weighted by Crippen LogP contribution is -2.23. The molecule has 0 aliphatic heterocycles. The molecule has 1 rings (SSSR count). The van der Waals surface area contributed by atoms with Crippen LogP contribution in [0.4, 0.5) is 14.5 Å². The van der Waals surface area contributed by atoms with E-state index in [9.17, 15) is 13.6 Å². The summed E-state index contributed by atoms with van der Waals surface area (Å²) < 4.78 is 23.9. The van der Waals surface area contributed by atoms with E-state index in [-0.39, 0.29) is 11.6 Å². The fourth-order valence-electron chi connectivity index (χ4n) is 1.11. The topological polar surface area (TPSA) is 54.0 Å². The van der Waals surface area contributed by atoms with Crippen LogP contribution in [0.2, 0.25) is 0 Å². The van der Waals surface area contributed by atoms with Gasteiger partial charge in [0.2, 0.25) is 0 Å². The molecule has 16 heavy (non-hydrogen) atoms. The molecule has 0 aliphatic carbocycles. The van der Waals surface area contributed by atoms with Crippen molar-refractivity contribution in [3.63, 3.8) is 0 Å². The minimum absolute atomic E-state index is 0.209. The first-order valence-electron chi connectivity index (χ1n) is 4.89. The zero-order chi connectivity index (χ0) is 12.0. The van der Waals surface area contributed by atoms with E-state index in [2.05, 4.69) is 15.6 Å². The van der Waals surface area contributed by atoms with Crippen molar-refractivity contribution in [1.29, 1.82) is 0 Å². The van der Waals surface area contributed by atoms with E-state index >= 15 is 0 Å². The summed E-state index contributed by atoms with van der Waals surface area (Å²) in [6, 6.07) is 2.97. The Morgan fingerprint density at radius 2 is 2.31 bits per heavy atom. The molecule has 1 aromatic rings. The summed E-state index contributed by atoms with van der Waals surface area (Å²) in [6.07, 6.45) is -1.03. The van der Waals surface area contributed by atoms with E-state index in [1.54, 1.807) is 6.92 Å². The highest BCUT2D eigenvalue weighted by Gasteiger charge is 2.07. The first-order chi connectivity index (χ1) is 7.63. The molecule has 0 aromatic carbocycles. The Labute approximate surface area is 92.1 Å². The number of nitrogens with one attached hydrogen (secondary N) is 2. The molecule has 1 amide bonds. The predicted octanol–water partition coefficient (Wildman–Crippen LogP) is 1.51. The molecule has 0 saturated heterocycles. The highest BCUT2D eigenvalue weighted by molar-refractivity contribution is 5.93. The molecule has 4 nitrogen and oxygen atoms in total. The van der Waals surface area contributed by atoms with Crippen molar-refractivity contribution in [2.45, 2.75) is 13.3 Å². The minimum atomic E-state index is -2.43. The van der Waals surface area contributed by atoms with E-state index in [1.807, 2.05) is 0 Å². The van der Waals surface area contributed by atoms with Crippen molar-refractivity contribution in [2.75, 3.05) is 18.4 Å². The first-order valence-corrected chi connectivity index (χ1v) is 4.89. The van der Waals surface area contributed by atoms with Gasteiger partial charge >= 0.3 is 0 Å². The van der Waals surface area contributed by atoms with E-state index in [4.69, 9.17) is 0 Å². The van der Waals surface area contributed by atoms with Crippen molar-refractivity contribution < 1.29 is 13.6 Å². The maximum Gasteiger partial charge on any atom is 0.269 e. The Morgan fingerprint density at radius 1 is 1.56 bits per heavy atom. The largest absolute Gasteiger partial charge is 0.379 e. The van der Waals surface area contributed by atoms with Crippen LogP contribution in [-0.4, -0.2) is 30.4 Å². The van der Waals surface area contributed by atoms with Gasteiger partial charge in [0.1, 0.15) is 5.69 Å². The quantitative estimate of drug-likeness (QED) is 0.804. The fraction of sp³-hybridized carbons (Fsp3) is 0.400. The predicted molar refractivity (Wildman–Crippen MR) is 56.7 cm³/mol. The van der Waals surface area contributed by atoms with E-state index in [0.29, 0.717) is 12.2 Å². The number of nitrogens with zero attached hydrogens (tertiary/aromatic N) is 1. The van der Waals surface area contributed by atoms with Crippen molar-refractivity contribution in [3.8, 4) is 0 Å². The van der Waals surface area contributed by atoms with Gasteiger partial charge in [-0.3, -0.25) is 9.78 Å². The smallest absolute Gasteiger partial charge is 0.269 e. The molecule has 0 atom stereocenters. The zero-order valence-electron chi connectivity index (χ0n) is 8.84. The van der Waals surface area contributed by atoms with E-state index in [0.717, 1.165) is 0 Å². The van der Waals surface area contributed by atoms with Crippen LogP contribution in [0.15, 0.2) is 18.3 Å². The van der Waals surface area contributed by atoms with Gasteiger partial charge in [-0.1, -0.05) is 0 Å². The Balaban J connectivity index is 2.67. The minimum Gasteiger partial charge on any atom is -0.379 e. The van der Waals surface area contributed by atoms with E-state index < -0.39 is 13.0 Å². The molecular weight excluding hydrogens is 216 g/mol. The summed E-state index contributed by atoms with van der Waals surface area (Å²) in [6.45, 7) is 1.84. The van der Waals surface area contributed by atoms with Gasteiger partial charge in [-0.25, -0.2) is 8.78 Å². The molecule has 0 fully saturated rings. The Morgan fingerprint density at radius 3 is 2.94 bits per heavy atom. The molecule has 0 saturated carbocycles. The lowest BCUT2D eigenvalue weighted by molar-refractivity contribution is 0.0951. The van der Waals surface area contributed by atoms with Crippen molar-refractivity contribution in [2.24, 2.45) is 0 Å². The van der Waals surface area contributed by atoms with Crippen LogP contribution in [0.1, 0.15) is 17.4 Å². The summed E-state index contributed by atoms with van der Waals surface area (Å²) in [5.41, 5.74) is 0.665. The summed E-state index contributed by atoms with van der Waals surface area (Å²) in [7, 11) is 0. The number of hydrogen-bond acceptors (Lipinski definition) is 3. The molecular formula is C10H13F2N3O. The standard InChI is InChI=1S/C10H13F2N3O/c1-2-13-10(16)8-5-7(3-4-14-8)15-6-9(11)12/h3-5,9H,2,6H2,1H3,(H,13,16)(H,14,15). The summed E-state index contributed by atoms with van der Waals surface area (Å²) in [5, 5.41) is 5.09. The number of pyridine rings is 1. The number of carbonyl (C=O) groups is 1. The molecule has 0 spiro atoms. The molecule has 6 heteroatoms.